The van der Waals surface area contributed by atoms with Gasteiger partial charge in [-0.2, -0.15) is 0 Å². The summed E-state index contributed by atoms with van der Waals surface area (Å²) in [5, 5.41) is 0. The standard InChI is InChI=1S/C23H25NO3/c1-16(18-9-10-18)24(14-17-7-11-21(26-2)12-8-17)23(25)20-13-19-5-3-4-6-22(19)27-15-20/h3-8,11-13,16,18H,9-10,14-15H2,1-2H3. The topological polar surface area (TPSA) is 38.8 Å². The number of rotatable bonds is 6. The lowest BCUT2D eigenvalue weighted by Crippen LogP contribution is -2.41. The molecule has 0 saturated heterocycles. The maximum Gasteiger partial charge on any atom is 0.253 e. The van der Waals surface area contributed by atoms with Crippen molar-refractivity contribution in [2.45, 2.75) is 32.4 Å². The maximum absolute atomic E-state index is 13.4. The van der Waals surface area contributed by atoms with Crippen molar-refractivity contribution in [2.24, 2.45) is 5.92 Å². The third-order valence-electron chi connectivity index (χ3n) is 5.48. The Hall–Kier alpha value is -2.75. The molecule has 1 atom stereocenters. The maximum atomic E-state index is 13.4. The first kappa shape index (κ1) is 17.7. The molecule has 27 heavy (non-hydrogen) atoms. The van der Waals surface area contributed by atoms with E-state index in [2.05, 4.69) is 6.92 Å². The number of methoxy groups -OCH3 is 1. The number of para-hydroxylation sites is 1. The summed E-state index contributed by atoms with van der Waals surface area (Å²) in [7, 11) is 1.66. The molecular formula is C23H25NO3. The number of amides is 1. The van der Waals surface area contributed by atoms with E-state index in [0.717, 1.165) is 28.2 Å². The second-order valence-electron chi connectivity index (χ2n) is 7.36. The summed E-state index contributed by atoms with van der Waals surface area (Å²) in [4.78, 5) is 15.4. The lowest BCUT2D eigenvalue weighted by molar-refractivity contribution is -0.130. The molecule has 4 rings (SSSR count). The summed E-state index contributed by atoms with van der Waals surface area (Å²) < 4.78 is 11.1. The SMILES string of the molecule is COc1ccc(CN(C(=O)C2=Cc3ccccc3OC2)C(C)C2CC2)cc1. The number of nitrogens with zero attached hydrogens (tertiary/aromatic N) is 1. The molecule has 140 valence electrons. The van der Waals surface area contributed by atoms with Gasteiger partial charge in [0.05, 0.1) is 12.7 Å². The molecule has 0 spiro atoms. The van der Waals surface area contributed by atoms with Gasteiger partial charge in [0, 0.05) is 18.2 Å². The number of carbonyl (C=O) groups is 1. The normalized spacial score (nSPS) is 16.6. The van der Waals surface area contributed by atoms with E-state index >= 15 is 0 Å². The second kappa shape index (κ2) is 7.47. The minimum atomic E-state index is 0.0692. The fraction of sp³-hybridized carbons (Fsp3) is 0.348. The third-order valence-corrected chi connectivity index (χ3v) is 5.48. The molecule has 0 N–H and O–H groups in total. The van der Waals surface area contributed by atoms with Gasteiger partial charge in [0.2, 0.25) is 0 Å². The molecule has 0 bridgehead atoms. The zero-order chi connectivity index (χ0) is 18.8. The Kier molecular flexibility index (Phi) is 4.88. The van der Waals surface area contributed by atoms with Crippen molar-refractivity contribution in [3.05, 3.63) is 65.2 Å². The Morgan fingerprint density at radius 3 is 2.63 bits per heavy atom. The van der Waals surface area contributed by atoms with Crippen molar-refractivity contribution in [3.8, 4) is 11.5 Å². The minimum Gasteiger partial charge on any atom is -0.497 e. The monoisotopic (exact) mass is 363 g/mol. The molecule has 1 aliphatic carbocycles. The van der Waals surface area contributed by atoms with Gasteiger partial charge in [-0.15, -0.1) is 0 Å². The average molecular weight is 363 g/mol. The molecule has 1 aliphatic heterocycles. The van der Waals surface area contributed by atoms with Crippen LogP contribution >= 0.6 is 0 Å². The first-order valence-corrected chi connectivity index (χ1v) is 9.52. The van der Waals surface area contributed by atoms with Crippen LogP contribution in [0.25, 0.3) is 6.08 Å². The van der Waals surface area contributed by atoms with Gasteiger partial charge in [-0.1, -0.05) is 30.3 Å². The summed E-state index contributed by atoms with van der Waals surface area (Å²) >= 11 is 0. The number of ether oxygens (including phenoxy) is 2. The Morgan fingerprint density at radius 2 is 1.93 bits per heavy atom. The van der Waals surface area contributed by atoms with Gasteiger partial charge >= 0.3 is 0 Å². The van der Waals surface area contributed by atoms with E-state index in [9.17, 15) is 4.79 Å². The lowest BCUT2D eigenvalue weighted by Gasteiger charge is -2.31. The van der Waals surface area contributed by atoms with Crippen molar-refractivity contribution in [1.29, 1.82) is 0 Å². The molecule has 0 aromatic heterocycles. The molecule has 1 unspecified atom stereocenters. The molecule has 1 heterocycles. The smallest absolute Gasteiger partial charge is 0.253 e. The van der Waals surface area contributed by atoms with E-state index < -0.39 is 0 Å². The molecule has 2 aliphatic rings. The number of fused-ring (bicyclic) bond motifs is 1. The van der Waals surface area contributed by atoms with Crippen LogP contribution in [0, 0.1) is 5.92 Å². The van der Waals surface area contributed by atoms with Crippen molar-refractivity contribution in [2.75, 3.05) is 13.7 Å². The summed E-state index contributed by atoms with van der Waals surface area (Å²) in [5.74, 6) is 2.34. The predicted octanol–water partition coefficient (Wildman–Crippen LogP) is 4.30. The van der Waals surface area contributed by atoms with Crippen LogP contribution in [0.3, 0.4) is 0 Å². The molecule has 1 amide bonds. The van der Waals surface area contributed by atoms with Crippen LogP contribution in [-0.2, 0) is 11.3 Å². The fourth-order valence-corrected chi connectivity index (χ4v) is 3.59. The van der Waals surface area contributed by atoms with E-state index in [-0.39, 0.29) is 11.9 Å². The number of hydrogen-bond acceptors (Lipinski definition) is 3. The van der Waals surface area contributed by atoms with Gasteiger partial charge in [0.1, 0.15) is 18.1 Å². The Bertz CT molecular complexity index is 852. The molecular weight excluding hydrogens is 338 g/mol. The van der Waals surface area contributed by atoms with Gasteiger partial charge in [0.25, 0.3) is 5.91 Å². The van der Waals surface area contributed by atoms with Gasteiger partial charge in [-0.25, -0.2) is 0 Å². The van der Waals surface area contributed by atoms with Crippen molar-refractivity contribution < 1.29 is 14.3 Å². The number of carbonyl (C=O) groups excluding carboxylic acids is 1. The average Bonchev–Trinajstić information content (AvgIpc) is 3.56. The van der Waals surface area contributed by atoms with Gasteiger partial charge < -0.3 is 14.4 Å². The molecule has 4 heteroatoms. The Morgan fingerprint density at radius 1 is 1.19 bits per heavy atom. The first-order chi connectivity index (χ1) is 13.2. The van der Waals surface area contributed by atoms with Crippen LogP contribution in [0.1, 0.15) is 30.9 Å². The van der Waals surface area contributed by atoms with Crippen LogP contribution in [0.4, 0.5) is 0 Å². The van der Waals surface area contributed by atoms with Gasteiger partial charge in [-0.05, 0) is 55.5 Å². The van der Waals surface area contributed by atoms with Crippen LogP contribution in [0.2, 0.25) is 0 Å². The lowest BCUT2D eigenvalue weighted by atomic mass is 10.0. The van der Waals surface area contributed by atoms with Crippen molar-refractivity contribution in [3.63, 3.8) is 0 Å². The van der Waals surface area contributed by atoms with E-state index in [1.54, 1.807) is 7.11 Å². The summed E-state index contributed by atoms with van der Waals surface area (Å²) in [5.41, 5.74) is 2.79. The van der Waals surface area contributed by atoms with E-state index in [1.807, 2.05) is 59.5 Å². The number of benzene rings is 2. The minimum absolute atomic E-state index is 0.0692. The highest BCUT2D eigenvalue weighted by Crippen LogP contribution is 2.37. The van der Waals surface area contributed by atoms with E-state index in [1.165, 1.54) is 12.8 Å². The Labute approximate surface area is 160 Å². The van der Waals surface area contributed by atoms with Crippen LogP contribution in [0.15, 0.2) is 54.1 Å². The van der Waals surface area contributed by atoms with Crippen LogP contribution in [0.5, 0.6) is 11.5 Å². The van der Waals surface area contributed by atoms with Crippen LogP contribution < -0.4 is 9.47 Å². The first-order valence-electron chi connectivity index (χ1n) is 9.52. The quantitative estimate of drug-likeness (QED) is 0.768. The van der Waals surface area contributed by atoms with E-state index in [0.29, 0.717) is 19.1 Å². The zero-order valence-corrected chi connectivity index (χ0v) is 15.9. The molecule has 4 nitrogen and oxygen atoms in total. The summed E-state index contributed by atoms with van der Waals surface area (Å²) in [6, 6.07) is 16.0. The largest absolute Gasteiger partial charge is 0.497 e. The van der Waals surface area contributed by atoms with Crippen molar-refractivity contribution >= 4 is 12.0 Å². The highest BCUT2D eigenvalue weighted by Gasteiger charge is 2.35. The zero-order valence-electron chi connectivity index (χ0n) is 15.9. The third kappa shape index (κ3) is 3.85. The molecule has 2 aromatic carbocycles. The summed E-state index contributed by atoms with van der Waals surface area (Å²) in [6.45, 7) is 3.09. The fourth-order valence-electron chi connectivity index (χ4n) is 3.59. The van der Waals surface area contributed by atoms with Crippen molar-refractivity contribution in [1.82, 2.24) is 4.90 Å². The summed E-state index contributed by atoms with van der Waals surface area (Å²) in [6.07, 6.45) is 4.37. The van der Waals surface area contributed by atoms with Gasteiger partial charge in [0.15, 0.2) is 0 Å². The van der Waals surface area contributed by atoms with Crippen LogP contribution in [-0.4, -0.2) is 30.6 Å². The molecule has 2 aromatic rings. The highest BCUT2D eigenvalue weighted by molar-refractivity contribution is 5.99. The molecule has 0 radical (unpaired) electrons. The Balaban J connectivity index is 1.58. The highest BCUT2D eigenvalue weighted by atomic mass is 16.5. The predicted molar refractivity (Wildman–Crippen MR) is 106 cm³/mol. The number of hydrogen-bond donors (Lipinski definition) is 0. The second-order valence-corrected chi connectivity index (χ2v) is 7.36. The molecule has 1 saturated carbocycles. The molecule has 1 fully saturated rings. The van der Waals surface area contributed by atoms with Gasteiger partial charge in [-0.3, -0.25) is 4.79 Å². The van der Waals surface area contributed by atoms with E-state index in [4.69, 9.17) is 9.47 Å².